The largest absolute Gasteiger partial charge is 0.450 e. The van der Waals surface area contributed by atoms with E-state index in [0.717, 1.165) is 30.5 Å². The van der Waals surface area contributed by atoms with Gasteiger partial charge in [-0.15, -0.1) is 0 Å². The monoisotopic (exact) mass is 333 g/mol. The number of aryl methyl sites for hydroxylation is 1. The van der Waals surface area contributed by atoms with E-state index in [9.17, 15) is 9.59 Å². The van der Waals surface area contributed by atoms with Gasteiger partial charge in [0, 0.05) is 24.8 Å². The van der Waals surface area contributed by atoms with Crippen molar-refractivity contribution in [2.24, 2.45) is 0 Å². The molecule has 0 unspecified atom stereocenters. The van der Waals surface area contributed by atoms with Crippen LogP contribution in [0.15, 0.2) is 24.3 Å². The lowest BCUT2D eigenvalue weighted by atomic mass is 10.1. The van der Waals surface area contributed by atoms with Crippen molar-refractivity contribution in [1.29, 1.82) is 0 Å². The van der Waals surface area contributed by atoms with Crippen molar-refractivity contribution in [3.05, 3.63) is 29.8 Å². The summed E-state index contributed by atoms with van der Waals surface area (Å²) < 4.78 is 5.01. The zero-order valence-corrected chi connectivity index (χ0v) is 14.5. The van der Waals surface area contributed by atoms with Crippen molar-refractivity contribution in [3.8, 4) is 0 Å². The van der Waals surface area contributed by atoms with Gasteiger partial charge < -0.3 is 20.3 Å². The molecule has 0 radical (unpaired) electrons. The van der Waals surface area contributed by atoms with Crippen LogP contribution in [0, 0.1) is 0 Å². The molecule has 24 heavy (non-hydrogen) atoms. The second-order valence-corrected chi connectivity index (χ2v) is 5.90. The van der Waals surface area contributed by atoms with Crippen LogP contribution in [0.1, 0.15) is 32.3 Å². The number of ether oxygens (including phenoxy) is 1. The normalized spacial score (nSPS) is 15.2. The number of likely N-dealkylation sites (tertiary alicyclic amines) is 1. The van der Waals surface area contributed by atoms with E-state index >= 15 is 0 Å². The molecule has 0 atom stereocenters. The number of rotatable bonds is 6. The van der Waals surface area contributed by atoms with Crippen molar-refractivity contribution in [3.63, 3.8) is 0 Å². The number of carbonyl (C=O) groups excluding carboxylic acids is 2. The summed E-state index contributed by atoms with van der Waals surface area (Å²) in [6, 6.07) is 8.10. The van der Waals surface area contributed by atoms with Gasteiger partial charge in [-0.25, -0.2) is 4.79 Å². The van der Waals surface area contributed by atoms with Gasteiger partial charge in [-0.05, 0) is 37.8 Å². The minimum Gasteiger partial charge on any atom is -0.450 e. The highest BCUT2D eigenvalue weighted by molar-refractivity contribution is 5.93. The fourth-order valence-electron chi connectivity index (χ4n) is 2.86. The van der Waals surface area contributed by atoms with Crippen LogP contribution in [0.5, 0.6) is 0 Å². The van der Waals surface area contributed by atoms with Crippen LogP contribution in [-0.4, -0.2) is 49.2 Å². The second kappa shape index (κ2) is 9.27. The molecular formula is C18H27N3O3. The highest BCUT2D eigenvalue weighted by Gasteiger charge is 2.23. The molecule has 6 nitrogen and oxygen atoms in total. The zero-order valence-electron chi connectivity index (χ0n) is 14.5. The first-order valence-corrected chi connectivity index (χ1v) is 8.66. The molecular weight excluding hydrogens is 306 g/mol. The first-order valence-electron chi connectivity index (χ1n) is 8.66. The van der Waals surface area contributed by atoms with Gasteiger partial charge in [-0.2, -0.15) is 0 Å². The van der Waals surface area contributed by atoms with Crippen LogP contribution in [0.2, 0.25) is 0 Å². The molecule has 1 fully saturated rings. The third kappa shape index (κ3) is 5.23. The number of para-hydroxylation sites is 1. The predicted octanol–water partition coefficient (Wildman–Crippen LogP) is 2.40. The molecule has 2 rings (SSSR count). The Morgan fingerprint density at radius 2 is 1.92 bits per heavy atom. The first kappa shape index (κ1) is 18.3. The molecule has 0 aromatic heterocycles. The maximum atomic E-state index is 12.1. The van der Waals surface area contributed by atoms with Gasteiger partial charge in [0.15, 0.2) is 0 Å². The van der Waals surface area contributed by atoms with Gasteiger partial charge in [0.2, 0.25) is 5.91 Å². The van der Waals surface area contributed by atoms with Crippen LogP contribution in [0.25, 0.3) is 0 Å². The minimum atomic E-state index is -0.245. The Hall–Kier alpha value is -2.08. The predicted molar refractivity (Wildman–Crippen MR) is 94.1 cm³/mol. The van der Waals surface area contributed by atoms with E-state index in [0.29, 0.717) is 19.7 Å². The van der Waals surface area contributed by atoms with Gasteiger partial charge in [0.25, 0.3) is 0 Å². The highest BCUT2D eigenvalue weighted by Crippen LogP contribution is 2.15. The summed E-state index contributed by atoms with van der Waals surface area (Å²) in [7, 11) is 0. The van der Waals surface area contributed by atoms with E-state index in [1.807, 2.05) is 31.2 Å². The Bertz CT molecular complexity index is 554. The number of amides is 2. The van der Waals surface area contributed by atoms with Crippen molar-refractivity contribution in [2.75, 3.05) is 31.6 Å². The molecule has 1 aromatic rings. The van der Waals surface area contributed by atoms with Gasteiger partial charge in [-0.3, -0.25) is 4.79 Å². The molecule has 2 amide bonds. The lowest BCUT2D eigenvalue weighted by Crippen LogP contribution is -2.46. The van der Waals surface area contributed by atoms with Crippen molar-refractivity contribution >= 4 is 17.7 Å². The van der Waals surface area contributed by atoms with E-state index < -0.39 is 0 Å². The molecule has 6 heteroatoms. The number of piperidine rings is 1. The summed E-state index contributed by atoms with van der Waals surface area (Å²) in [6.07, 6.45) is 2.30. The third-order valence-corrected chi connectivity index (χ3v) is 4.24. The quantitative estimate of drug-likeness (QED) is 0.839. The maximum Gasteiger partial charge on any atom is 0.409 e. The van der Waals surface area contributed by atoms with Crippen LogP contribution in [0.4, 0.5) is 10.5 Å². The molecule has 1 saturated heterocycles. The van der Waals surface area contributed by atoms with Crippen LogP contribution in [0.3, 0.4) is 0 Å². The summed E-state index contributed by atoms with van der Waals surface area (Å²) in [5, 5.41) is 6.24. The SMILES string of the molecule is CCOC(=O)N1CCC(NCC(=O)Nc2ccccc2CC)CC1. The average Bonchev–Trinajstić information content (AvgIpc) is 2.61. The third-order valence-electron chi connectivity index (χ3n) is 4.24. The van der Waals surface area contributed by atoms with E-state index in [2.05, 4.69) is 17.6 Å². The first-order chi connectivity index (χ1) is 11.6. The van der Waals surface area contributed by atoms with E-state index in [1.54, 1.807) is 4.90 Å². The summed E-state index contributed by atoms with van der Waals surface area (Å²) >= 11 is 0. The van der Waals surface area contributed by atoms with Gasteiger partial charge in [0.05, 0.1) is 13.2 Å². The van der Waals surface area contributed by atoms with Crippen molar-refractivity contribution in [1.82, 2.24) is 10.2 Å². The molecule has 1 heterocycles. The number of nitrogens with zero attached hydrogens (tertiary/aromatic N) is 1. The van der Waals surface area contributed by atoms with E-state index in [-0.39, 0.29) is 24.6 Å². The molecule has 0 aliphatic carbocycles. The van der Waals surface area contributed by atoms with E-state index in [4.69, 9.17) is 4.74 Å². The van der Waals surface area contributed by atoms with Crippen LogP contribution < -0.4 is 10.6 Å². The Labute approximate surface area is 143 Å². The Balaban J connectivity index is 1.72. The number of hydrogen-bond donors (Lipinski definition) is 2. The standard InChI is InChI=1S/C18H27N3O3/c1-3-14-7-5-6-8-16(14)20-17(22)13-19-15-9-11-21(12-10-15)18(23)24-4-2/h5-8,15,19H,3-4,9-13H2,1-2H3,(H,20,22). The number of benzene rings is 1. The summed E-state index contributed by atoms with van der Waals surface area (Å²) in [4.78, 5) is 25.5. The Kier molecular flexibility index (Phi) is 7.06. The smallest absolute Gasteiger partial charge is 0.409 e. The second-order valence-electron chi connectivity index (χ2n) is 5.90. The number of nitrogens with one attached hydrogen (secondary N) is 2. The maximum absolute atomic E-state index is 12.1. The summed E-state index contributed by atoms with van der Waals surface area (Å²) in [5.74, 6) is -0.0382. The fourth-order valence-corrected chi connectivity index (χ4v) is 2.86. The van der Waals surface area contributed by atoms with Gasteiger partial charge >= 0.3 is 6.09 Å². The molecule has 1 aromatic carbocycles. The van der Waals surface area contributed by atoms with E-state index in [1.165, 1.54) is 0 Å². The molecule has 2 N–H and O–H groups in total. The average molecular weight is 333 g/mol. The summed E-state index contributed by atoms with van der Waals surface area (Å²) in [6.45, 7) is 5.88. The van der Waals surface area contributed by atoms with Crippen molar-refractivity contribution < 1.29 is 14.3 Å². The molecule has 1 aliphatic rings. The highest BCUT2D eigenvalue weighted by atomic mass is 16.6. The Morgan fingerprint density at radius 1 is 1.21 bits per heavy atom. The molecule has 132 valence electrons. The van der Waals surface area contributed by atoms with Gasteiger partial charge in [0.1, 0.15) is 0 Å². The lowest BCUT2D eigenvalue weighted by molar-refractivity contribution is -0.115. The Morgan fingerprint density at radius 3 is 2.58 bits per heavy atom. The number of carbonyl (C=O) groups is 2. The molecule has 0 spiro atoms. The lowest BCUT2D eigenvalue weighted by Gasteiger charge is -2.31. The number of anilines is 1. The molecule has 1 aliphatic heterocycles. The summed E-state index contributed by atoms with van der Waals surface area (Å²) in [5.41, 5.74) is 2.01. The topological polar surface area (TPSA) is 70.7 Å². The zero-order chi connectivity index (χ0) is 17.4. The van der Waals surface area contributed by atoms with Crippen LogP contribution in [-0.2, 0) is 16.0 Å². The fraction of sp³-hybridized carbons (Fsp3) is 0.556. The minimum absolute atomic E-state index is 0.0382. The van der Waals surface area contributed by atoms with Crippen LogP contribution >= 0.6 is 0 Å². The molecule has 0 saturated carbocycles. The van der Waals surface area contributed by atoms with Crippen molar-refractivity contribution in [2.45, 2.75) is 39.2 Å². The number of hydrogen-bond acceptors (Lipinski definition) is 4. The molecule has 0 bridgehead atoms. The van der Waals surface area contributed by atoms with Gasteiger partial charge in [-0.1, -0.05) is 25.1 Å².